The van der Waals surface area contributed by atoms with Gasteiger partial charge < -0.3 is 10.6 Å². The van der Waals surface area contributed by atoms with Crippen molar-refractivity contribution in [3.63, 3.8) is 0 Å². The number of amides is 4. The van der Waals surface area contributed by atoms with Crippen LogP contribution in [0.3, 0.4) is 0 Å². The molecule has 4 amide bonds. The number of hydrogen-bond acceptors (Lipinski definition) is 5. The van der Waals surface area contributed by atoms with E-state index in [9.17, 15) is 14.4 Å². The number of benzene rings is 2. The Hall–Kier alpha value is -3.52. The molecule has 0 saturated carbocycles. The fourth-order valence-corrected chi connectivity index (χ4v) is 4.32. The molecule has 1 atom stereocenters. The number of carbonyl (C=O) groups is 3. The van der Waals surface area contributed by atoms with Crippen LogP contribution in [0.15, 0.2) is 60.0 Å². The predicted octanol–water partition coefficient (Wildman–Crippen LogP) is 4.00. The van der Waals surface area contributed by atoms with E-state index in [2.05, 4.69) is 15.6 Å². The molecule has 0 spiro atoms. The minimum atomic E-state index is -1.03. The molecule has 164 valence electrons. The summed E-state index contributed by atoms with van der Waals surface area (Å²) in [6.45, 7) is 3.30. The molecule has 1 fully saturated rings. The van der Waals surface area contributed by atoms with Gasteiger partial charge in [0.05, 0.1) is 10.7 Å². The average Bonchev–Trinajstić information content (AvgIpc) is 3.30. The van der Waals surface area contributed by atoms with E-state index in [-0.39, 0.29) is 12.5 Å². The third-order valence-corrected chi connectivity index (χ3v) is 6.24. The number of anilines is 1. The smallest absolute Gasteiger partial charge is 0.325 e. The van der Waals surface area contributed by atoms with E-state index in [0.717, 1.165) is 26.7 Å². The summed E-state index contributed by atoms with van der Waals surface area (Å²) in [6, 6.07) is 16.6. The maximum atomic E-state index is 12.9. The van der Waals surface area contributed by atoms with Gasteiger partial charge in [0.15, 0.2) is 0 Å². The Morgan fingerprint density at radius 3 is 2.66 bits per heavy atom. The topological polar surface area (TPSA) is 91.4 Å². The van der Waals surface area contributed by atoms with E-state index in [4.69, 9.17) is 0 Å². The number of carbonyl (C=O) groups excluding carboxylic acids is 3. The van der Waals surface area contributed by atoms with Crippen LogP contribution in [0, 0.1) is 6.92 Å². The molecule has 7 nitrogen and oxygen atoms in total. The van der Waals surface area contributed by atoms with Gasteiger partial charge in [0.25, 0.3) is 5.91 Å². The van der Waals surface area contributed by atoms with Crippen molar-refractivity contribution in [1.82, 2.24) is 15.2 Å². The van der Waals surface area contributed by atoms with Crippen LogP contribution in [0.4, 0.5) is 10.5 Å². The first kappa shape index (κ1) is 21.7. The number of imide groups is 1. The summed E-state index contributed by atoms with van der Waals surface area (Å²) in [5.74, 6) is -0.826. The van der Waals surface area contributed by atoms with Crippen molar-refractivity contribution in [2.24, 2.45) is 0 Å². The van der Waals surface area contributed by atoms with Gasteiger partial charge >= 0.3 is 6.03 Å². The highest BCUT2D eigenvalue weighted by atomic mass is 32.1. The van der Waals surface area contributed by atoms with Gasteiger partial charge in [0.2, 0.25) is 5.91 Å². The number of nitrogens with zero attached hydrogens (tertiary/aromatic N) is 2. The first-order chi connectivity index (χ1) is 15.3. The first-order valence-corrected chi connectivity index (χ1v) is 11.2. The molecular weight excluding hydrogens is 424 g/mol. The fourth-order valence-electron chi connectivity index (χ4n) is 3.70. The monoisotopic (exact) mass is 448 g/mol. The van der Waals surface area contributed by atoms with Crippen LogP contribution in [0.25, 0.3) is 11.3 Å². The van der Waals surface area contributed by atoms with Crippen molar-refractivity contribution >= 4 is 34.9 Å². The van der Waals surface area contributed by atoms with Gasteiger partial charge in [0.1, 0.15) is 12.1 Å². The highest BCUT2D eigenvalue weighted by Crippen LogP contribution is 2.25. The Morgan fingerprint density at radius 1 is 1.16 bits per heavy atom. The first-order valence-electron chi connectivity index (χ1n) is 10.3. The minimum Gasteiger partial charge on any atom is -0.325 e. The largest absolute Gasteiger partial charge is 0.325 e. The zero-order valence-electron chi connectivity index (χ0n) is 17.9. The molecule has 4 rings (SSSR count). The molecular formula is C24H24N4O3S. The van der Waals surface area contributed by atoms with E-state index >= 15 is 0 Å². The Balaban J connectivity index is 1.39. The van der Waals surface area contributed by atoms with Crippen LogP contribution in [0.2, 0.25) is 0 Å². The highest BCUT2D eigenvalue weighted by molar-refractivity contribution is 7.09. The van der Waals surface area contributed by atoms with Gasteiger partial charge in [-0.05, 0) is 44.4 Å². The zero-order valence-corrected chi connectivity index (χ0v) is 18.7. The quantitative estimate of drug-likeness (QED) is 0.535. The van der Waals surface area contributed by atoms with E-state index < -0.39 is 17.5 Å². The van der Waals surface area contributed by atoms with Crippen LogP contribution in [-0.4, -0.2) is 39.8 Å². The molecule has 1 saturated heterocycles. The molecule has 1 unspecified atom stereocenters. The molecule has 8 heteroatoms. The molecule has 1 aromatic heterocycles. The molecule has 1 aliphatic rings. The lowest BCUT2D eigenvalue weighted by Crippen LogP contribution is -2.45. The van der Waals surface area contributed by atoms with Crippen LogP contribution in [0.5, 0.6) is 0 Å². The van der Waals surface area contributed by atoms with Gasteiger partial charge in [-0.3, -0.25) is 14.5 Å². The van der Waals surface area contributed by atoms with E-state index in [0.29, 0.717) is 18.5 Å². The Kier molecular flexibility index (Phi) is 6.05. The highest BCUT2D eigenvalue weighted by Gasteiger charge is 2.47. The van der Waals surface area contributed by atoms with E-state index in [1.165, 1.54) is 0 Å². The third kappa shape index (κ3) is 4.70. The SMILES string of the molecule is Cc1nc(-c2cccc(NC(=O)CN3C(=O)NC(C)(CCc4ccccc4)C3=O)c2)cs1. The maximum absolute atomic E-state index is 12.9. The number of aromatic nitrogens is 1. The lowest BCUT2D eigenvalue weighted by molar-refractivity contribution is -0.133. The summed E-state index contributed by atoms with van der Waals surface area (Å²) >= 11 is 1.56. The minimum absolute atomic E-state index is 0.342. The molecule has 0 bridgehead atoms. The summed E-state index contributed by atoms with van der Waals surface area (Å²) in [4.78, 5) is 43.4. The van der Waals surface area contributed by atoms with E-state index in [1.54, 1.807) is 24.3 Å². The van der Waals surface area contributed by atoms with Crippen molar-refractivity contribution in [1.29, 1.82) is 0 Å². The van der Waals surface area contributed by atoms with Crippen LogP contribution >= 0.6 is 11.3 Å². The second-order valence-corrected chi connectivity index (χ2v) is 9.08. The third-order valence-electron chi connectivity index (χ3n) is 5.46. The fraction of sp³-hybridized carbons (Fsp3) is 0.250. The Bertz CT molecular complexity index is 1160. The Labute approximate surface area is 190 Å². The number of hydrogen-bond donors (Lipinski definition) is 2. The predicted molar refractivity (Wildman–Crippen MR) is 124 cm³/mol. The zero-order chi connectivity index (χ0) is 22.7. The Morgan fingerprint density at radius 2 is 1.94 bits per heavy atom. The maximum Gasteiger partial charge on any atom is 0.325 e. The lowest BCUT2D eigenvalue weighted by atomic mass is 9.93. The standard InChI is InChI=1S/C24H24N4O3S/c1-16-25-20(15-32-16)18-9-6-10-19(13-18)26-21(29)14-28-22(30)24(2,27-23(28)31)12-11-17-7-4-3-5-8-17/h3-10,13,15H,11-12,14H2,1-2H3,(H,26,29)(H,27,31). The average molecular weight is 449 g/mol. The van der Waals surface area contributed by atoms with Gasteiger partial charge in [-0.2, -0.15) is 0 Å². The van der Waals surface area contributed by atoms with Crippen molar-refractivity contribution in [3.05, 3.63) is 70.5 Å². The van der Waals surface area contributed by atoms with Gasteiger partial charge in [-0.25, -0.2) is 9.78 Å². The molecule has 0 radical (unpaired) electrons. The van der Waals surface area contributed by atoms with Gasteiger partial charge in [-0.1, -0.05) is 42.5 Å². The molecule has 32 heavy (non-hydrogen) atoms. The molecule has 2 heterocycles. The number of rotatable bonds is 7. The molecule has 1 aliphatic heterocycles. The molecule has 2 N–H and O–H groups in total. The van der Waals surface area contributed by atoms with Crippen LogP contribution in [0.1, 0.15) is 23.9 Å². The van der Waals surface area contributed by atoms with Crippen molar-refractivity contribution < 1.29 is 14.4 Å². The van der Waals surface area contributed by atoms with Gasteiger partial charge in [-0.15, -0.1) is 11.3 Å². The summed E-state index contributed by atoms with van der Waals surface area (Å²) in [5, 5.41) is 8.45. The number of aryl methyl sites for hydroxylation is 2. The second kappa shape index (κ2) is 8.92. The van der Waals surface area contributed by atoms with Crippen LogP contribution in [-0.2, 0) is 16.0 Å². The summed E-state index contributed by atoms with van der Waals surface area (Å²) < 4.78 is 0. The molecule has 2 aromatic carbocycles. The number of urea groups is 1. The van der Waals surface area contributed by atoms with Crippen molar-refractivity contribution in [2.75, 3.05) is 11.9 Å². The summed E-state index contributed by atoms with van der Waals surface area (Å²) in [5.41, 5.74) is 2.36. The normalized spacial score (nSPS) is 18.0. The van der Waals surface area contributed by atoms with E-state index in [1.807, 2.05) is 60.8 Å². The summed E-state index contributed by atoms with van der Waals surface area (Å²) in [6.07, 6.45) is 1.10. The number of thiazole rings is 1. The van der Waals surface area contributed by atoms with Crippen LogP contribution < -0.4 is 10.6 Å². The molecule has 3 aromatic rings. The molecule has 0 aliphatic carbocycles. The summed E-state index contributed by atoms with van der Waals surface area (Å²) in [7, 11) is 0. The lowest BCUT2D eigenvalue weighted by Gasteiger charge is -2.21. The second-order valence-electron chi connectivity index (χ2n) is 8.02. The van der Waals surface area contributed by atoms with Crippen molar-refractivity contribution in [3.8, 4) is 11.3 Å². The van der Waals surface area contributed by atoms with Gasteiger partial charge in [0, 0.05) is 16.6 Å². The van der Waals surface area contributed by atoms with Crippen molar-refractivity contribution in [2.45, 2.75) is 32.2 Å². The number of nitrogens with one attached hydrogen (secondary N) is 2.